The molecule has 1 unspecified atom stereocenters. The predicted octanol–water partition coefficient (Wildman–Crippen LogP) is 2.28. The normalized spacial score (nSPS) is 12.5. The first kappa shape index (κ1) is 15.4. The number of hydrogen-bond donors (Lipinski definition) is 2. The highest BCUT2D eigenvalue weighted by Crippen LogP contribution is 2.20. The number of hydrogen-bond acceptors (Lipinski definition) is 3. The SMILES string of the molecule is O=C(CSc1ccc(Br)cc1)NCC(O)C(F)F. The van der Waals surface area contributed by atoms with Gasteiger partial charge >= 0.3 is 0 Å². The van der Waals surface area contributed by atoms with Gasteiger partial charge in [-0.3, -0.25) is 4.79 Å². The number of benzene rings is 1. The molecule has 0 fully saturated rings. The van der Waals surface area contributed by atoms with Crippen LogP contribution in [0.2, 0.25) is 0 Å². The molecule has 18 heavy (non-hydrogen) atoms. The van der Waals surface area contributed by atoms with Gasteiger partial charge in [-0.1, -0.05) is 15.9 Å². The van der Waals surface area contributed by atoms with Crippen molar-refractivity contribution in [2.24, 2.45) is 0 Å². The van der Waals surface area contributed by atoms with Gasteiger partial charge < -0.3 is 10.4 Å². The van der Waals surface area contributed by atoms with Gasteiger partial charge in [0.1, 0.15) is 6.10 Å². The molecule has 1 atom stereocenters. The van der Waals surface area contributed by atoms with E-state index >= 15 is 0 Å². The van der Waals surface area contributed by atoms with Gasteiger partial charge in [-0.05, 0) is 24.3 Å². The maximum absolute atomic E-state index is 12.0. The molecule has 0 saturated carbocycles. The second kappa shape index (κ2) is 7.70. The van der Waals surface area contributed by atoms with Crippen LogP contribution >= 0.6 is 27.7 Å². The van der Waals surface area contributed by atoms with Crippen LogP contribution in [0.3, 0.4) is 0 Å². The molecule has 1 rings (SSSR count). The largest absolute Gasteiger partial charge is 0.385 e. The van der Waals surface area contributed by atoms with E-state index in [0.29, 0.717) is 0 Å². The molecular weight excluding hydrogens is 328 g/mol. The number of amides is 1. The van der Waals surface area contributed by atoms with Crippen LogP contribution < -0.4 is 5.32 Å². The highest BCUT2D eigenvalue weighted by atomic mass is 79.9. The maximum Gasteiger partial charge on any atom is 0.265 e. The minimum atomic E-state index is -2.84. The third kappa shape index (κ3) is 5.79. The van der Waals surface area contributed by atoms with Crippen LogP contribution in [0.1, 0.15) is 0 Å². The van der Waals surface area contributed by atoms with Gasteiger partial charge in [0.05, 0.1) is 5.75 Å². The molecule has 100 valence electrons. The van der Waals surface area contributed by atoms with Crippen LogP contribution in [0, 0.1) is 0 Å². The number of carbonyl (C=O) groups excluding carboxylic acids is 1. The zero-order valence-corrected chi connectivity index (χ0v) is 11.7. The highest BCUT2D eigenvalue weighted by molar-refractivity contribution is 9.10. The first-order valence-electron chi connectivity index (χ1n) is 5.10. The number of halogens is 3. The smallest absolute Gasteiger partial charge is 0.265 e. The molecule has 0 saturated heterocycles. The van der Waals surface area contributed by atoms with Crippen molar-refractivity contribution in [3.8, 4) is 0 Å². The molecule has 0 aliphatic heterocycles. The Kier molecular flexibility index (Phi) is 6.59. The van der Waals surface area contributed by atoms with E-state index in [2.05, 4.69) is 21.2 Å². The number of carbonyl (C=O) groups is 1. The average Bonchev–Trinajstić information content (AvgIpc) is 2.35. The number of aliphatic hydroxyl groups is 1. The average molecular weight is 340 g/mol. The summed E-state index contributed by atoms with van der Waals surface area (Å²) in [7, 11) is 0. The summed E-state index contributed by atoms with van der Waals surface area (Å²) in [6.45, 7) is -0.433. The quantitative estimate of drug-likeness (QED) is 0.782. The molecular formula is C11H12BrF2NO2S. The van der Waals surface area contributed by atoms with Gasteiger partial charge in [-0.15, -0.1) is 11.8 Å². The highest BCUT2D eigenvalue weighted by Gasteiger charge is 2.17. The fourth-order valence-electron chi connectivity index (χ4n) is 1.04. The third-order valence-electron chi connectivity index (χ3n) is 1.98. The summed E-state index contributed by atoms with van der Waals surface area (Å²) < 4.78 is 24.9. The van der Waals surface area contributed by atoms with Crippen LogP contribution in [0.25, 0.3) is 0 Å². The van der Waals surface area contributed by atoms with E-state index in [4.69, 9.17) is 5.11 Å². The van der Waals surface area contributed by atoms with Crippen LogP contribution in [0.4, 0.5) is 8.78 Å². The molecule has 1 aromatic carbocycles. The fourth-order valence-corrected chi connectivity index (χ4v) is 2.03. The first-order chi connectivity index (χ1) is 8.49. The number of aliphatic hydroxyl groups excluding tert-OH is 1. The van der Waals surface area contributed by atoms with Gasteiger partial charge in [0.2, 0.25) is 5.91 Å². The zero-order valence-electron chi connectivity index (χ0n) is 9.28. The molecule has 0 aliphatic carbocycles. The Bertz CT molecular complexity index is 389. The molecule has 0 bridgehead atoms. The van der Waals surface area contributed by atoms with E-state index in [-0.39, 0.29) is 11.7 Å². The van der Waals surface area contributed by atoms with Crippen molar-refractivity contribution in [2.45, 2.75) is 17.4 Å². The molecule has 0 aromatic heterocycles. The van der Waals surface area contributed by atoms with Crippen LogP contribution in [-0.4, -0.2) is 35.8 Å². The van der Waals surface area contributed by atoms with Crippen molar-refractivity contribution in [1.82, 2.24) is 5.32 Å². The van der Waals surface area contributed by atoms with E-state index in [1.807, 2.05) is 24.3 Å². The monoisotopic (exact) mass is 339 g/mol. The summed E-state index contributed by atoms with van der Waals surface area (Å²) in [4.78, 5) is 12.2. The van der Waals surface area contributed by atoms with Gasteiger partial charge in [0.15, 0.2) is 0 Å². The molecule has 3 nitrogen and oxygen atoms in total. The Labute approximate surface area is 116 Å². The van der Waals surface area contributed by atoms with Gasteiger partial charge in [0, 0.05) is 15.9 Å². The first-order valence-corrected chi connectivity index (χ1v) is 6.88. The summed E-state index contributed by atoms with van der Waals surface area (Å²) in [5.41, 5.74) is 0. The number of nitrogens with one attached hydrogen (secondary N) is 1. The molecule has 1 amide bonds. The van der Waals surface area contributed by atoms with E-state index in [1.54, 1.807) is 0 Å². The maximum atomic E-state index is 12.0. The van der Waals surface area contributed by atoms with Crippen molar-refractivity contribution in [1.29, 1.82) is 0 Å². The molecule has 0 spiro atoms. The topological polar surface area (TPSA) is 49.3 Å². The van der Waals surface area contributed by atoms with Gasteiger partial charge in [-0.25, -0.2) is 8.78 Å². The molecule has 0 radical (unpaired) electrons. The van der Waals surface area contributed by atoms with Crippen molar-refractivity contribution in [2.75, 3.05) is 12.3 Å². The summed E-state index contributed by atoms with van der Waals surface area (Å²) in [5.74, 6) is -0.264. The second-order valence-electron chi connectivity index (χ2n) is 3.45. The number of rotatable bonds is 6. The Hall–Kier alpha value is -0.660. The van der Waals surface area contributed by atoms with Crippen LogP contribution in [0.5, 0.6) is 0 Å². The summed E-state index contributed by atoms with van der Waals surface area (Å²) >= 11 is 4.59. The van der Waals surface area contributed by atoms with Crippen LogP contribution in [-0.2, 0) is 4.79 Å². The number of thioether (sulfide) groups is 1. The minimum absolute atomic E-state index is 0.123. The van der Waals surface area contributed by atoms with Crippen LogP contribution in [0.15, 0.2) is 33.6 Å². The fraction of sp³-hybridized carbons (Fsp3) is 0.364. The molecule has 1 aromatic rings. The molecule has 0 heterocycles. The molecule has 7 heteroatoms. The predicted molar refractivity (Wildman–Crippen MR) is 69.9 cm³/mol. The van der Waals surface area contributed by atoms with Crippen molar-refractivity contribution >= 4 is 33.6 Å². The van der Waals surface area contributed by atoms with E-state index in [1.165, 1.54) is 11.8 Å². The van der Waals surface area contributed by atoms with Gasteiger partial charge in [0.25, 0.3) is 6.43 Å². The van der Waals surface area contributed by atoms with Crippen molar-refractivity contribution < 1.29 is 18.7 Å². The van der Waals surface area contributed by atoms with E-state index < -0.39 is 19.1 Å². The third-order valence-corrected chi connectivity index (χ3v) is 3.52. The molecule has 2 N–H and O–H groups in total. The molecule has 0 aliphatic rings. The Balaban J connectivity index is 2.27. The second-order valence-corrected chi connectivity index (χ2v) is 5.41. The Morgan fingerprint density at radius 1 is 1.39 bits per heavy atom. The lowest BCUT2D eigenvalue weighted by Gasteiger charge is -2.10. The zero-order chi connectivity index (χ0) is 13.5. The standard InChI is InChI=1S/C11H12BrF2NO2S/c12-7-1-3-8(4-2-7)18-6-10(17)15-5-9(16)11(13)14/h1-4,9,11,16H,5-6H2,(H,15,17). The van der Waals surface area contributed by atoms with Crippen molar-refractivity contribution in [3.05, 3.63) is 28.7 Å². The summed E-state index contributed by atoms with van der Waals surface area (Å²) in [5, 5.41) is 11.1. The Morgan fingerprint density at radius 2 is 2.00 bits per heavy atom. The summed E-state index contributed by atoms with van der Waals surface area (Å²) in [6, 6.07) is 7.38. The van der Waals surface area contributed by atoms with Crippen molar-refractivity contribution in [3.63, 3.8) is 0 Å². The minimum Gasteiger partial charge on any atom is -0.385 e. The van der Waals surface area contributed by atoms with E-state index in [0.717, 1.165) is 9.37 Å². The van der Waals surface area contributed by atoms with Gasteiger partial charge in [-0.2, -0.15) is 0 Å². The lowest BCUT2D eigenvalue weighted by molar-refractivity contribution is -0.119. The lowest BCUT2D eigenvalue weighted by Crippen LogP contribution is -2.36. The summed E-state index contributed by atoms with van der Waals surface area (Å²) in [6.07, 6.45) is -4.66. The Morgan fingerprint density at radius 3 is 2.56 bits per heavy atom. The van der Waals surface area contributed by atoms with E-state index in [9.17, 15) is 13.6 Å². The number of alkyl halides is 2. The lowest BCUT2D eigenvalue weighted by atomic mass is 10.4.